The normalized spacial score (nSPS) is 10.6. The van der Waals surface area contributed by atoms with Crippen LogP contribution in [0.5, 0.6) is 5.75 Å². The van der Waals surface area contributed by atoms with Gasteiger partial charge in [0.1, 0.15) is 11.6 Å². The summed E-state index contributed by atoms with van der Waals surface area (Å²) in [6.45, 7) is 0. The van der Waals surface area contributed by atoms with E-state index in [2.05, 4.69) is 10.3 Å². The summed E-state index contributed by atoms with van der Waals surface area (Å²) in [6, 6.07) is 11.9. The van der Waals surface area contributed by atoms with Crippen LogP contribution in [0.2, 0.25) is 0 Å². The number of rotatable bonds is 4. The Morgan fingerprint density at radius 3 is 2.91 bits per heavy atom. The molecule has 1 aromatic heterocycles. The Hall–Kier alpha value is -2.82. The molecule has 0 atom stereocenters. The first-order chi connectivity index (χ1) is 10.7. The number of aromatic nitrogens is 1. The number of hydrogen-bond acceptors (Lipinski definition) is 2. The fraction of sp³-hybridized carbons (Fsp3) is 0.118. The van der Waals surface area contributed by atoms with E-state index in [1.54, 1.807) is 49.7 Å². The van der Waals surface area contributed by atoms with Crippen LogP contribution in [-0.4, -0.2) is 18.0 Å². The van der Waals surface area contributed by atoms with Crippen molar-refractivity contribution in [2.75, 3.05) is 12.4 Å². The van der Waals surface area contributed by atoms with E-state index in [0.717, 1.165) is 0 Å². The first-order valence-corrected chi connectivity index (χ1v) is 6.86. The number of H-pyrrole nitrogens is 1. The first-order valence-electron chi connectivity index (χ1n) is 6.86. The average molecular weight is 298 g/mol. The summed E-state index contributed by atoms with van der Waals surface area (Å²) in [4.78, 5) is 15.1. The Morgan fingerprint density at radius 1 is 1.27 bits per heavy atom. The number of nitrogens with one attached hydrogen (secondary N) is 2. The maximum atomic E-state index is 13.9. The summed E-state index contributed by atoms with van der Waals surface area (Å²) < 4.78 is 19.0. The molecule has 0 bridgehead atoms. The zero-order valence-corrected chi connectivity index (χ0v) is 12.0. The highest BCUT2D eigenvalue weighted by Gasteiger charge is 2.12. The van der Waals surface area contributed by atoms with E-state index in [-0.39, 0.29) is 18.1 Å². The summed E-state index contributed by atoms with van der Waals surface area (Å²) in [5, 5.41) is 3.25. The van der Waals surface area contributed by atoms with Gasteiger partial charge < -0.3 is 15.0 Å². The lowest BCUT2D eigenvalue weighted by Gasteiger charge is -2.07. The molecule has 2 N–H and O–H groups in total. The third-order valence-electron chi connectivity index (χ3n) is 3.44. The van der Waals surface area contributed by atoms with E-state index in [4.69, 9.17) is 4.74 Å². The zero-order chi connectivity index (χ0) is 15.5. The Labute approximate surface area is 126 Å². The Bertz CT molecular complexity index is 826. The van der Waals surface area contributed by atoms with Crippen molar-refractivity contribution in [3.8, 4) is 5.75 Å². The quantitative estimate of drug-likeness (QED) is 0.774. The van der Waals surface area contributed by atoms with Crippen molar-refractivity contribution < 1.29 is 13.9 Å². The molecular weight excluding hydrogens is 283 g/mol. The van der Waals surface area contributed by atoms with Crippen molar-refractivity contribution >= 4 is 22.5 Å². The van der Waals surface area contributed by atoms with Gasteiger partial charge in [-0.1, -0.05) is 12.1 Å². The molecule has 0 spiro atoms. The molecule has 0 saturated heterocycles. The van der Waals surface area contributed by atoms with Crippen molar-refractivity contribution in [2.45, 2.75) is 6.42 Å². The molecular formula is C17H15FN2O2. The van der Waals surface area contributed by atoms with Gasteiger partial charge in [0.15, 0.2) is 0 Å². The lowest BCUT2D eigenvalue weighted by molar-refractivity contribution is -0.115. The molecule has 0 aliphatic heterocycles. The third kappa shape index (κ3) is 2.79. The highest BCUT2D eigenvalue weighted by atomic mass is 19.1. The number of carbonyl (C=O) groups is 1. The van der Waals surface area contributed by atoms with Crippen molar-refractivity contribution in [3.05, 3.63) is 60.0 Å². The van der Waals surface area contributed by atoms with Crippen LogP contribution >= 0.6 is 0 Å². The van der Waals surface area contributed by atoms with E-state index in [0.29, 0.717) is 27.9 Å². The number of methoxy groups -OCH3 is 1. The van der Waals surface area contributed by atoms with Gasteiger partial charge in [0.2, 0.25) is 5.91 Å². The number of carbonyl (C=O) groups excluding carboxylic acids is 1. The SMILES string of the molecule is COc1cccc(NC(=O)Cc2c[nH]c3cccc(F)c23)c1. The summed E-state index contributed by atoms with van der Waals surface area (Å²) in [5.41, 5.74) is 1.96. The van der Waals surface area contributed by atoms with Crippen molar-refractivity contribution in [1.29, 1.82) is 0 Å². The van der Waals surface area contributed by atoms with E-state index in [1.807, 2.05) is 0 Å². The Kier molecular flexibility index (Phi) is 3.78. The molecule has 3 rings (SSSR count). The van der Waals surface area contributed by atoms with E-state index in [1.165, 1.54) is 6.07 Å². The largest absolute Gasteiger partial charge is 0.497 e. The molecule has 0 fully saturated rings. The molecule has 0 aliphatic rings. The Morgan fingerprint density at radius 2 is 2.09 bits per heavy atom. The van der Waals surface area contributed by atoms with Gasteiger partial charge in [-0.3, -0.25) is 4.79 Å². The van der Waals surface area contributed by atoms with Gasteiger partial charge in [-0.05, 0) is 29.8 Å². The molecule has 4 nitrogen and oxygen atoms in total. The van der Waals surface area contributed by atoms with E-state index in [9.17, 15) is 9.18 Å². The van der Waals surface area contributed by atoms with Gasteiger partial charge in [0, 0.05) is 28.9 Å². The predicted molar refractivity (Wildman–Crippen MR) is 83.6 cm³/mol. The lowest BCUT2D eigenvalue weighted by Crippen LogP contribution is -2.14. The van der Waals surface area contributed by atoms with Crippen LogP contribution in [0.1, 0.15) is 5.56 Å². The van der Waals surface area contributed by atoms with Crippen molar-refractivity contribution in [2.24, 2.45) is 0 Å². The number of halogens is 1. The zero-order valence-electron chi connectivity index (χ0n) is 12.0. The monoisotopic (exact) mass is 298 g/mol. The molecule has 2 aromatic carbocycles. The molecule has 3 aromatic rings. The minimum atomic E-state index is -0.331. The maximum Gasteiger partial charge on any atom is 0.228 e. The summed E-state index contributed by atoms with van der Waals surface area (Å²) in [7, 11) is 1.57. The molecule has 1 heterocycles. The molecule has 0 radical (unpaired) electrons. The topological polar surface area (TPSA) is 54.1 Å². The van der Waals surface area contributed by atoms with Crippen LogP contribution in [0.3, 0.4) is 0 Å². The molecule has 0 aliphatic carbocycles. The molecule has 0 unspecified atom stereocenters. The summed E-state index contributed by atoms with van der Waals surface area (Å²) in [5.74, 6) is 0.122. The van der Waals surface area contributed by atoms with Crippen LogP contribution in [0.25, 0.3) is 10.9 Å². The number of ether oxygens (including phenoxy) is 1. The van der Waals surface area contributed by atoms with Gasteiger partial charge in [0.05, 0.1) is 13.5 Å². The summed E-state index contributed by atoms with van der Waals surface area (Å²) >= 11 is 0. The maximum absolute atomic E-state index is 13.9. The molecule has 1 amide bonds. The van der Waals surface area contributed by atoms with Crippen molar-refractivity contribution in [3.63, 3.8) is 0 Å². The smallest absolute Gasteiger partial charge is 0.228 e. The van der Waals surface area contributed by atoms with E-state index < -0.39 is 0 Å². The lowest BCUT2D eigenvalue weighted by atomic mass is 10.1. The third-order valence-corrected chi connectivity index (χ3v) is 3.44. The van der Waals surface area contributed by atoms with Crippen LogP contribution < -0.4 is 10.1 Å². The standard InChI is InChI=1S/C17H15FN2O2/c1-22-13-5-2-4-12(9-13)20-16(21)8-11-10-19-15-7-3-6-14(18)17(11)15/h2-7,9-10,19H,8H2,1H3,(H,20,21). The van der Waals surface area contributed by atoms with Crippen LogP contribution in [0, 0.1) is 5.82 Å². The number of fused-ring (bicyclic) bond motifs is 1. The Balaban J connectivity index is 1.78. The fourth-order valence-corrected chi connectivity index (χ4v) is 2.43. The molecule has 112 valence electrons. The highest BCUT2D eigenvalue weighted by Crippen LogP contribution is 2.22. The molecule has 5 heteroatoms. The number of anilines is 1. The second kappa shape index (κ2) is 5.89. The van der Waals surface area contributed by atoms with Gasteiger partial charge in [0.25, 0.3) is 0 Å². The highest BCUT2D eigenvalue weighted by molar-refractivity contribution is 5.96. The minimum absolute atomic E-state index is 0.0954. The number of aromatic amines is 1. The predicted octanol–water partition coefficient (Wildman–Crippen LogP) is 3.50. The number of hydrogen-bond donors (Lipinski definition) is 2. The van der Waals surface area contributed by atoms with Gasteiger partial charge >= 0.3 is 0 Å². The summed E-state index contributed by atoms with van der Waals surface area (Å²) in [6.07, 6.45) is 1.76. The number of amides is 1. The number of benzene rings is 2. The fourth-order valence-electron chi connectivity index (χ4n) is 2.43. The van der Waals surface area contributed by atoms with Gasteiger partial charge in [-0.15, -0.1) is 0 Å². The van der Waals surface area contributed by atoms with Crippen LogP contribution in [0.4, 0.5) is 10.1 Å². The second-order valence-corrected chi connectivity index (χ2v) is 4.93. The van der Waals surface area contributed by atoms with Crippen LogP contribution in [0.15, 0.2) is 48.7 Å². The van der Waals surface area contributed by atoms with E-state index >= 15 is 0 Å². The van der Waals surface area contributed by atoms with Crippen LogP contribution in [-0.2, 0) is 11.2 Å². The molecule has 22 heavy (non-hydrogen) atoms. The van der Waals surface area contributed by atoms with Crippen molar-refractivity contribution in [1.82, 2.24) is 4.98 Å². The molecule has 0 saturated carbocycles. The van der Waals surface area contributed by atoms with Gasteiger partial charge in [-0.25, -0.2) is 4.39 Å². The average Bonchev–Trinajstić information content (AvgIpc) is 2.91. The first kappa shape index (κ1) is 14.1. The minimum Gasteiger partial charge on any atom is -0.497 e. The van der Waals surface area contributed by atoms with Gasteiger partial charge in [-0.2, -0.15) is 0 Å². The second-order valence-electron chi connectivity index (χ2n) is 4.93.